The Morgan fingerprint density at radius 1 is 1.50 bits per heavy atom. The van der Waals surface area contributed by atoms with Crippen LogP contribution in [0.25, 0.3) is 0 Å². The van der Waals surface area contributed by atoms with Gasteiger partial charge in [0.15, 0.2) is 0 Å². The number of aliphatic hydroxyl groups is 1. The van der Waals surface area contributed by atoms with Gasteiger partial charge >= 0.3 is 0 Å². The highest BCUT2D eigenvalue weighted by molar-refractivity contribution is 6.32. The van der Waals surface area contributed by atoms with Gasteiger partial charge in [-0.05, 0) is 25.6 Å². The summed E-state index contributed by atoms with van der Waals surface area (Å²) in [6.07, 6.45) is 0. The molecule has 0 saturated carbocycles. The average molecular weight is 216 g/mol. The summed E-state index contributed by atoms with van der Waals surface area (Å²) in [6, 6.07) is 3.20. The molecule has 0 aromatic heterocycles. The van der Waals surface area contributed by atoms with Crippen molar-refractivity contribution < 1.29 is 10.2 Å². The number of aromatic hydroxyl groups is 1. The molecule has 0 aliphatic heterocycles. The smallest absolute Gasteiger partial charge is 0.139 e. The van der Waals surface area contributed by atoms with Gasteiger partial charge in [0.05, 0.1) is 17.7 Å². The maximum Gasteiger partial charge on any atom is 0.139 e. The lowest BCUT2D eigenvalue weighted by molar-refractivity contribution is 0.248. The van der Waals surface area contributed by atoms with E-state index in [2.05, 4.69) is 5.32 Å². The Morgan fingerprint density at radius 2 is 2.14 bits per heavy atom. The van der Waals surface area contributed by atoms with E-state index in [4.69, 9.17) is 16.7 Å². The summed E-state index contributed by atoms with van der Waals surface area (Å²) in [6.45, 7) is 1.81. The highest BCUT2D eigenvalue weighted by atomic mass is 35.5. The van der Waals surface area contributed by atoms with E-state index in [1.165, 1.54) is 0 Å². The highest BCUT2D eigenvalue weighted by Crippen LogP contribution is 2.32. The summed E-state index contributed by atoms with van der Waals surface area (Å²) < 4.78 is 0. The van der Waals surface area contributed by atoms with Crippen LogP contribution in [0, 0.1) is 6.92 Å². The second-order valence-corrected chi connectivity index (χ2v) is 3.62. The van der Waals surface area contributed by atoms with Gasteiger partial charge in [0, 0.05) is 5.56 Å². The van der Waals surface area contributed by atoms with Crippen molar-refractivity contribution in [2.75, 3.05) is 13.7 Å². The van der Waals surface area contributed by atoms with Gasteiger partial charge in [-0.2, -0.15) is 0 Å². The number of hydrogen-bond acceptors (Lipinski definition) is 3. The van der Waals surface area contributed by atoms with Crippen molar-refractivity contribution in [3.05, 3.63) is 28.3 Å². The second kappa shape index (κ2) is 4.64. The number of hydrogen-bond donors (Lipinski definition) is 3. The van der Waals surface area contributed by atoms with Gasteiger partial charge in [-0.3, -0.25) is 0 Å². The Bertz CT molecular complexity index is 324. The SMILES string of the molecule is CNC(CO)c1cc(C)cc(Cl)c1O. The Kier molecular flexibility index (Phi) is 3.75. The van der Waals surface area contributed by atoms with Crippen LogP contribution in [-0.2, 0) is 0 Å². The molecule has 78 valence electrons. The molecule has 1 unspecified atom stereocenters. The monoisotopic (exact) mass is 215 g/mol. The number of aryl methyl sites for hydroxylation is 1. The molecule has 0 aliphatic carbocycles. The molecule has 0 heterocycles. The summed E-state index contributed by atoms with van der Waals surface area (Å²) in [5, 5.41) is 21.9. The Balaban J connectivity index is 3.18. The Morgan fingerprint density at radius 3 is 2.64 bits per heavy atom. The van der Waals surface area contributed by atoms with Gasteiger partial charge in [-0.15, -0.1) is 0 Å². The van der Waals surface area contributed by atoms with E-state index in [1.54, 1.807) is 19.2 Å². The van der Waals surface area contributed by atoms with E-state index >= 15 is 0 Å². The fourth-order valence-electron chi connectivity index (χ4n) is 1.37. The molecule has 1 rings (SSSR count). The van der Waals surface area contributed by atoms with Crippen molar-refractivity contribution in [2.24, 2.45) is 0 Å². The van der Waals surface area contributed by atoms with Gasteiger partial charge in [-0.25, -0.2) is 0 Å². The van der Waals surface area contributed by atoms with Crippen LogP contribution in [0.1, 0.15) is 17.2 Å². The fourth-order valence-corrected chi connectivity index (χ4v) is 1.65. The van der Waals surface area contributed by atoms with Gasteiger partial charge in [0.2, 0.25) is 0 Å². The predicted octanol–water partition coefficient (Wildman–Crippen LogP) is 1.61. The standard InChI is InChI=1S/C10H14ClNO2/c1-6-3-7(9(5-13)12-2)10(14)8(11)4-6/h3-4,9,12-14H,5H2,1-2H3. The number of rotatable bonds is 3. The number of halogens is 1. The molecule has 0 saturated heterocycles. The van der Waals surface area contributed by atoms with Crippen LogP contribution in [0.4, 0.5) is 0 Å². The van der Waals surface area contributed by atoms with Crippen molar-refractivity contribution in [3.63, 3.8) is 0 Å². The van der Waals surface area contributed by atoms with Crippen molar-refractivity contribution in [2.45, 2.75) is 13.0 Å². The van der Waals surface area contributed by atoms with Gasteiger partial charge in [0.1, 0.15) is 5.75 Å². The van der Waals surface area contributed by atoms with E-state index in [0.29, 0.717) is 10.6 Å². The summed E-state index contributed by atoms with van der Waals surface area (Å²) in [5.41, 5.74) is 1.58. The molecule has 14 heavy (non-hydrogen) atoms. The first kappa shape index (κ1) is 11.3. The van der Waals surface area contributed by atoms with E-state index in [9.17, 15) is 5.11 Å². The zero-order chi connectivity index (χ0) is 10.7. The molecule has 3 nitrogen and oxygen atoms in total. The number of likely N-dealkylation sites (N-methyl/N-ethyl adjacent to an activating group) is 1. The molecule has 1 aromatic carbocycles. The first-order chi connectivity index (χ1) is 6.60. The number of nitrogens with one attached hydrogen (secondary N) is 1. The van der Waals surface area contributed by atoms with Crippen molar-refractivity contribution in [1.82, 2.24) is 5.32 Å². The van der Waals surface area contributed by atoms with Crippen molar-refractivity contribution in [3.8, 4) is 5.75 Å². The minimum Gasteiger partial charge on any atom is -0.506 e. The Hall–Kier alpha value is -0.770. The first-order valence-corrected chi connectivity index (χ1v) is 4.75. The maximum absolute atomic E-state index is 9.67. The molecule has 0 aliphatic rings. The van der Waals surface area contributed by atoms with E-state index in [1.807, 2.05) is 6.92 Å². The normalized spacial score (nSPS) is 12.9. The third-order valence-electron chi connectivity index (χ3n) is 2.14. The number of benzene rings is 1. The maximum atomic E-state index is 9.67. The zero-order valence-electron chi connectivity index (χ0n) is 8.21. The molecular weight excluding hydrogens is 202 g/mol. The summed E-state index contributed by atoms with van der Waals surface area (Å²) >= 11 is 5.82. The van der Waals surface area contributed by atoms with Crippen LogP contribution in [0.15, 0.2) is 12.1 Å². The molecule has 4 heteroatoms. The quantitative estimate of drug-likeness (QED) is 0.718. The molecule has 0 bridgehead atoms. The third-order valence-corrected chi connectivity index (χ3v) is 2.43. The average Bonchev–Trinajstić information content (AvgIpc) is 2.15. The van der Waals surface area contributed by atoms with Gasteiger partial charge < -0.3 is 15.5 Å². The summed E-state index contributed by atoms with van der Waals surface area (Å²) in [5.74, 6) is 0.0330. The lowest BCUT2D eigenvalue weighted by Crippen LogP contribution is -2.20. The number of aliphatic hydroxyl groups excluding tert-OH is 1. The van der Waals surface area contributed by atoms with Crippen LogP contribution in [-0.4, -0.2) is 23.9 Å². The molecule has 1 aromatic rings. The minimum atomic E-state index is -0.285. The molecule has 0 radical (unpaired) electrons. The second-order valence-electron chi connectivity index (χ2n) is 3.21. The zero-order valence-corrected chi connectivity index (χ0v) is 8.97. The minimum absolute atomic E-state index is 0.0330. The largest absolute Gasteiger partial charge is 0.506 e. The van der Waals surface area contributed by atoms with E-state index < -0.39 is 0 Å². The first-order valence-electron chi connectivity index (χ1n) is 4.37. The molecule has 1 atom stereocenters. The van der Waals surface area contributed by atoms with E-state index in [0.717, 1.165) is 5.56 Å². The van der Waals surface area contributed by atoms with E-state index in [-0.39, 0.29) is 18.4 Å². The lowest BCUT2D eigenvalue weighted by atomic mass is 10.0. The van der Waals surface area contributed by atoms with Crippen molar-refractivity contribution in [1.29, 1.82) is 0 Å². The topological polar surface area (TPSA) is 52.5 Å². The van der Waals surface area contributed by atoms with Crippen LogP contribution >= 0.6 is 11.6 Å². The van der Waals surface area contributed by atoms with Crippen molar-refractivity contribution >= 4 is 11.6 Å². The molecular formula is C10H14ClNO2. The fraction of sp³-hybridized carbons (Fsp3) is 0.400. The molecule has 0 amide bonds. The highest BCUT2D eigenvalue weighted by Gasteiger charge is 2.15. The number of phenolic OH excluding ortho intramolecular Hbond substituents is 1. The molecule has 0 spiro atoms. The summed E-state index contributed by atoms with van der Waals surface area (Å²) in [4.78, 5) is 0. The number of phenols is 1. The summed E-state index contributed by atoms with van der Waals surface area (Å²) in [7, 11) is 1.72. The lowest BCUT2D eigenvalue weighted by Gasteiger charge is -2.16. The predicted molar refractivity (Wildman–Crippen MR) is 56.7 cm³/mol. The third kappa shape index (κ3) is 2.18. The molecule has 3 N–H and O–H groups in total. The molecule has 0 fully saturated rings. The van der Waals surface area contributed by atoms with Crippen LogP contribution in [0.2, 0.25) is 5.02 Å². The van der Waals surface area contributed by atoms with Crippen LogP contribution in [0.3, 0.4) is 0 Å². The Labute approximate surface area is 88.3 Å². The van der Waals surface area contributed by atoms with Crippen LogP contribution < -0.4 is 5.32 Å². The van der Waals surface area contributed by atoms with Crippen LogP contribution in [0.5, 0.6) is 5.75 Å². The van der Waals surface area contributed by atoms with Gasteiger partial charge in [0.25, 0.3) is 0 Å². The van der Waals surface area contributed by atoms with Gasteiger partial charge in [-0.1, -0.05) is 17.7 Å².